The van der Waals surface area contributed by atoms with Crippen molar-refractivity contribution in [2.75, 3.05) is 53.5 Å². The molecule has 0 atom stereocenters. The van der Waals surface area contributed by atoms with Gasteiger partial charge in [-0.2, -0.15) is 0 Å². The Labute approximate surface area is 153 Å². The molecule has 1 aliphatic carbocycles. The molecule has 0 amide bonds. The average Bonchev–Trinajstić information content (AvgIpc) is 3.26. The van der Waals surface area contributed by atoms with Crippen LogP contribution in [0.2, 0.25) is 0 Å². The van der Waals surface area contributed by atoms with Crippen molar-refractivity contribution in [3.8, 4) is 0 Å². The van der Waals surface area contributed by atoms with E-state index in [2.05, 4.69) is 50.0 Å². The minimum atomic E-state index is 0. The second-order valence-corrected chi connectivity index (χ2v) is 6.25. The Morgan fingerprint density at radius 3 is 2.50 bits per heavy atom. The van der Waals surface area contributed by atoms with Crippen LogP contribution < -0.4 is 5.32 Å². The summed E-state index contributed by atoms with van der Waals surface area (Å²) in [5, 5.41) is 3.35. The molecule has 0 aromatic carbocycles. The van der Waals surface area contributed by atoms with Crippen LogP contribution >= 0.6 is 24.0 Å². The molecule has 0 heterocycles. The van der Waals surface area contributed by atoms with Crippen LogP contribution in [0.1, 0.15) is 33.6 Å². The Morgan fingerprint density at radius 2 is 1.95 bits per heavy atom. The minimum Gasteiger partial charge on any atom is -0.379 e. The monoisotopic (exact) mass is 426 g/mol. The zero-order chi connectivity index (χ0) is 15.7. The van der Waals surface area contributed by atoms with Crippen molar-refractivity contribution < 1.29 is 4.74 Å². The van der Waals surface area contributed by atoms with Crippen molar-refractivity contribution in [3.05, 3.63) is 0 Å². The van der Waals surface area contributed by atoms with Gasteiger partial charge in [0.25, 0.3) is 0 Å². The van der Waals surface area contributed by atoms with Crippen molar-refractivity contribution in [1.29, 1.82) is 0 Å². The molecule has 0 unspecified atom stereocenters. The summed E-state index contributed by atoms with van der Waals surface area (Å²) in [6.45, 7) is 11.8. The Balaban J connectivity index is 0.00000441. The highest BCUT2D eigenvalue weighted by Crippen LogP contribution is 2.28. The van der Waals surface area contributed by atoms with Crippen molar-refractivity contribution in [1.82, 2.24) is 15.1 Å². The third kappa shape index (κ3) is 9.84. The minimum absolute atomic E-state index is 0. The van der Waals surface area contributed by atoms with Gasteiger partial charge in [0.1, 0.15) is 0 Å². The Morgan fingerprint density at radius 1 is 1.27 bits per heavy atom. The fourth-order valence-corrected chi connectivity index (χ4v) is 1.88. The summed E-state index contributed by atoms with van der Waals surface area (Å²) in [6.07, 6.45) is 2.70. The third-order valence-electron chi connectivity index (χ3n) is 3.91. The predicted octanol–water partition coefficient (Wildman–Crippen LogP) is 2.27. The van der Waals surface area contributed by atoms with Crippen molar-refractivity contribution >= 4 is 29.9 Å². The van der Waals surface area contributed by atoms with Gasteiger partial charge < -0.3 is 19.9 Å². The second kappa shape index (κ2) is 12.4. The number of halogens is 1. The van der Waals surface area contributed by atoms with E-state index in [1.54, 1.807) is 0 Å². The Kier molecular flexibility index (Phi) is 12.3. The fourth-order valence-electron chi connectivity index (χ4n) is 1.88. The normalized spacial score (nSPS) is 15.1. The van der Waals surface area contributed by atoms with E-state index in [-0.39, 0.29) is 24.0 Å². The van der Waals surface area contributed by atoms with E-state index in [4.69, 9.17) is 9.73 Å². The summed E-state index contributed by atoms with van der Waals surface area (Å²) >= 11 is 0. The third-order valence-corrected chi connectivity index (χ3v) is 3.91. The standard InChI is InChI=1S/C16H34N4O.HI/c1-6-17-16(18-9-10-19(4)14(2)3)20(5)11-12-21-13-15-7-8-15;/h14-15H,6-13H2,1-5H3,(H,17,18);1H. The maximum atomic E-state index is 5.70. The zero-order valence-electron chi connectivity index (χ0n) is 15.0. The molecule has 132 valence electrons. The smallest absolute Gasteiger partial charge is 0.193 e. The number of aliphatic imine (C=N–C) groups is 1. The first-order chi connectivity index (χ1) is 10.0. The highest BCUT2D eigenvalue weighted by Gasteiger charge is 2.21. The molecule has 0 aromatic heterocycles. The Bertz CT molecular complexity index is 309. The molecule has 0 spiro atoms. The molecule has 1 N–H and O–H groups in total. The van der Waals surface area contributed by atoms with Crippen molar-refractivity contribution in [2.45, 2.75) is 39.7 Å². The molecule has 1 fully saturated rings. The van der Waals surface area contributed by atoms with Crippen molar-refractivity contribution in [3.63, 3.8) is 0 Å². The summed E-state index contributed by atoms with van der Waals surface area (Å²) in [7, 11) is 4.22. The average molecular weight is 426 g/mol. The highest BCUT2D eigenvalue weighted by atomic mass is 127. The maximum absolute atomic E-state index is 5.70. The lowest BCUT2D eigenvalue weighted by Crippen LogP contribution is -2.41. The lowest BCUT2D eigenvalue weighted by Gasteiger charge is -2.23. The van der Waals surface area contributed by atoms with Crippen LogP contribution in [-0.2, 0) is 4.74 Å². The van der Waals surface area contributed by atoms with Crippen LogP contribution in [0.5, 0.6) is 0 Å². The summed E-state index contributed by atoms with van der Waals surface area (Å²) in [5.74, 6) is 1.81. The summed E-state index contributed by atoms with van der Waals surface area (Å²) in [6, 6.07) is 0.566. The summed E-state index contributed by atoms with van der Waals surface area (Å²) < 4.78 is 5.70. The molecule has 5 nitrogen and oxygen atoms in total. The maximum Gasteiger partial charge on any atom is 0.193 e. The highest BCUT2D eigenvalue weighted by molar-refractivity contribution is 14.0. The molecular weight excluding hydrogens is 391 g/mol. The van der Waals surface area contributed by atoms with E-state index < -0.39 is 0 Å². The van der Waals surface area contributed by atoms with E-state index in [0.29, 0.717) is 6.04 Å². The van der Waals surface area contributed by atoms with Gasteiger partial charge in [-0.15, -0.1) is 24.0 Å². The SMILES string of the molecule is CCNC(=NCCN(C)C(C)C)N(C)CCOCC1CC1.I. The van der Waals surface area contributed by atoms with Gasteiger partial charge in [0.05, 0.1) is 13.2 Å². The zero-order valence-corrected chi connectivity index (χ0v) is 17.3. The molecule has 6 heteroatoms. The van der Waals surface area contributed by atoms with E-state index >= 15 is 0 Å². The van der Waals surface area contributed by atoms with Gasteiger partial charge in [-0.1, -0.05) is 0 Å². The van der Waals surface area contributed by atoms with Gasteiger partial charge in [-0.05, 0) is 46.6 Å². The Hall–Kier alpha value is -0.0800. The van der Waals surface area contributed by atoms with Gasteiger partial charge in [0.15, 0.2) is 5.96 Å². The molecule has 1 rings (SSSR count). The molecule has 0 saturated heterocycles. The lowest BCUT2D eigenvalue weighted by atomic mass is 10.3. The van der Waals surface area contributed by atoms with Crippen molar-refractivity contribution in [2.24, 2.45) is 10.9 Å². The van der Waals surface area contributed by atoms with Crippen LogP contribution in [0.4, 0.5) is 0 Å². The number of hydrogen-bond acceptors (Lipinski definition) is 3. The number of nitrogens with one attached hydrogen (secondary N) is 1. The number of rotatable bonds is 10. The molecule has 22 heavy (non-hydrogen) atoms. The van der Waals surface area contributed by atoms with Gasteiger partial charge in [-0.25, -0.2) is 0 Å². The molecule has 0 bridgehead atoms. The fraction of sp³-hybridized carbons (Fsp3) is 0.938. The molecule has 0 radical (unpaired) electrons. The lowest BCUT2D eigenvalue weighted by molar-refractivity contribution is 0.115. The van der Waals surface area contributed by atoms with Crippen LogP contribution in [-0.4, -0.2) is 75.3 Å². The van der Waals surface area contributed by atoms with Gasteiger partial charge in [0, 0.05) is 39.3 Å². The molecular formula is C16H35IN4O. The van der Waals surface area contributed by atoms with Crippen LogP contribution in [0, 0.1) is 5.92 Å². The van der Waals surface area contributed by atoms with E-state index in [1.807, 2.05) is 0 Å². The first-order valence-electron chi connectivity index (χ1n) is 8.32. The van der Waals surface area contributed by atoms with Gasteiger partial charge in [-0.3, -0.25) is 4.99 Å². The van der Waals surface area contributed by atoms with Crippen LogP contribution in [0.25, 0.3) is 0 Å². The molecule has 1 aliphatic rings. The van der Waals surface area contributed by atoms with Crippen LogP contribution in [0.3, 0.4) is 0 Å². The van der Waals surface area contributed by atoms with E-state index in [0.717, 1.165) is 51.3 Å². The van der Waals surface area contributed by atoms with Gasteiger partial charge in [0.2, 0.25) is 0 Å². The summed E-state index contributed by atoms with van der Waals surface area (Å²) in [5.41, 5.74) is 0. The number of hydrogen-bond donors (Lipinski definition) is 1. The number of guanidine groups is 1. The largest absolute Gasteiger partial charge is 0.379 e. The quantitative estimate of drug-likeness (QED) is 0.252. The van der Waals surface area contributed by atoms with Gasteiger partial charge >= 0.3 is 0 Å². The number of ether oxygens (including phenoxy) is 1. The second-order valence-electron chi connectivity index (χ2n) is 6.25. The summed E-state index contributed by atoms with van der Waals surface area (Å²) in [4.78, 5) is 9.17. The number of nitrogens with zero attached hydrogens (tertiary/aromatic N) is 3. The number of likely N-dealkylation sites (N-methyl/N-ethyl adjacent to an activating group) is 2. The van der Waals surface area contributed by atoms with Crippen LogP contribution in [0.15, 0.2) is 4.99 Å². The first-order valence-corrected chi connectivity index (χ1v) is 8.32. The van der Waals surface area contributed by atoms with E-state index in [9.17, 15) is 0 Å². The molecule has 0 aliphatic heterocycles. The molecule has 0 aromatic rings. The predicted molar refractivity (Wildman–Crippen MR) is 105 cm³/mol. The topological polar surface area (TPSA) is 40.1 Å². The molecule has 1 saturated carbocycles. The van der Waals surface area contributed by atoms with E-state index in [1.165, 1.54) is 12.8 Å². The first kappa shape index (κ1) is 21.9.